The first-order valence-corrected chi connectivity index (χ1v) is 25.8. The van der Waals surface area contributed by atoms with Gasteiger partial charge < -0.3 is 58.8 Å². The van der Waals surface area contributed by atoms with E-state index < -0.39 is 47.9 Å². The topological polar surface area (TPSA) is 212 Å². The lowest BCUT2D eigenvalue weighted by Crippen LogP contribution is -2.52. The first kappa shape index (κ1) is 49.4. The van der Waals surface area contributed by atoms with E-state index in [1.54, 1.807) is 9.80 Å². The summed E-state index contributed by atoms with van der Waals surface area (Å²) in [6.45, 7) is 9.71. The van der Waals surface area contributed by atoms with Gasteiger partial charge in [-0.25, -0.2) is 19.6 Å². The number of hydrogen-bond acceptors (Lipinski definition) is 12. The van der Waals surface area contributed by atoms with Crippen molar-refractivity contribution in [1.29, 1.82) is 0 Å². The lowest BCUT2D eigenvalue weighted by molar-refractivity contribution is -0.153. The number of aryl methyl sites for hydroxylation is 4. The Balaban J connectivity index is 0.848. The molecule has 4 aliphatic heterocycles. The van der Waals surface area contributed by atoms with Crippen molar-refractivity contribution in [3.05, 3.63) is 107 Å². The summed E-state index contributed by atoms with van der Waals surface area (Å²) in [6, 6.07) is 23.7. The highest BCUT2D eigenvalue weighted by atomic mass is 16.7. The number of aromatic amines is 2. The second kappa shape index (κ2) is 19.8. The van der Waals surface area contributed by atoms with Crippen LogP contribution in [-0.2, 0) is 63.7 Å². The van der Waals surface area contributed by atoms with Gasteiger partial charge in [0.05, 0.1) is 87.9 Å². The highest BCUT2D eigenvalue weighted by molar-refractivity contribution is 5.89. The van der Waals surface area contributed by atoms with Crippen molar-refractivity contribution in [2.75, 3.05) is 53.7 Å². The molecule has 0 unspecified atom stereocenters. The molecule has 18 nitrogen and oxygen atoms in total. The number of fused-ring (bicyclic) bond motifs is 2. The highest BCUT2D eigenvalue weighted by Crippen LogP contribution is 2.45. The van der Waals surface area contributed by atoms with Crippen LogP contribution >= 0.6 is 0 Å². The highest BCUT2D eigenvalue weighted by Gasteiger charge is 2.54. The monoisotopic (exact) mass is 1010 g/mol. The summed E-state index contributed by atoms with van der Waals surface area (Å²) < 4.78 is 34.2. The number of imidazole rings is 2. The number of benzene rings is 4. The molecule has 2 spiro atoms. The molecule has 388 valence electrons. The zero-order valence-corrected chi connectivity index (χ0v) is 42.7. The fourth-order valence-electron chi connectivity index (χ4n) is 11.6. The predicted molar refractivity (Wildman–Crippen MR) is 274 cm³/mol. The number of hydrogen-bond donors (Lipinski definition) is 4. The van der Waals surface area contributed by atoms with Crippen LogP contribution in [0.1, 0.15) is 86.5 Å². The molecule has 6 heterocycles. The van der Waals surface area contributed by atoms with Crippen molar-refractivity contribution in [1.82, 2.24) is 40.4 Å². The zero-order chi connectivity index (χ0) is 51.5. The van der Waals surface area contributed by atoms with Crippen molar-refractivity contribution in [2.45, 2.75) is 102 Å². The minimum atomic E-state index is -0.952. The molecule has 18 heteroatoms. The molecule has 8 aliphatic rings. The third-order valence-electron chi connectivity index (χ3n) is 15.5. The van der Waals surface area contributed by atoms with Crippen LogP contribution in [0.4, 0.5) is 9.59 Å². The van der Waals surface area contributed by atoms with Crippen LogP contribution in [0, 0.1) is 11.8 Å². The number of nitrogens with zero attached hydrogens (tertiary/aromatic N) is 4. The average Bonchev–Trinajstić information content (AvgIpc) is 4.28. The summed E-state index contributed by atoms with van der Waals surface area (Å²) in [4.78, 5) is 73.9. The second-order valence-electron chi connectivity index (χ2n) is 21.0. The van der Waals surface area contributed by atoms with E-state index in [1.807, 2.05) is 27.7 Å². The summed E-state index contributed by atoms with van der Waals surface area (Å²) >= 11 is 0. The molecule has 6 aromatic rings. The normalized spacial score (nSPS) is 20.8. The van der Waals surface area contributed by atoms with Crippen LogP contribution in [-0.4, -0.2) is 131 Å². The van der Waals surface area contributed by atoms with Gasteiger partial charge in [-0.15, -0.1) is 0 Å². The van der Waals surface area contributed by atoms with Crippen LogP contribution in [0.3, 0.4) is 0 Å². The van der Waals surface area contributed by atoms with Crippen LogP contribution in [0.5, 0.6) is 0 Å². The molecule has 4 amide bonds. The molecule has 4 aliphatic carbocycles. The quantitative estimate of drug-likeness (QED) is 0.105. The molecular weight excluding hydrogens is 945 g/mol. The molecule has 2 aromatic heterocycles. The standard InChI is InChI=1S/C56H64N8O10/c1-31(2)47(61-53(67)69-5)51(65)63-29-55(71-19-20-72-55)27-45(63)49-57-41-17-15-37(25-43(41)59-49)39-23-33-7-11-35(39)13-9-34-8-12-36(14-10-33)40(24-34)38-16-18-42-44(26-38)60-50(58-42)46-28-56(73-21-22-74-56)30-64(46)52(66)48(32(3)4)62-54(68)70-6/h7-8,11-12,15-18,23-26,31-32,45-48H,9-10,13-14,19-22,27-30H2,1-6H3,(H,57,59)(H,58,60)(H,61,67)(H,62,68)/t45-,46-,47-,48-/m0/s1. The van der Waals surface area contributed by atoms with Crippen LogP contribution in [0.25, 0.3) is 44.3 Å². The van der Waals surface area contributed by atoms with Gasteiger partial charge in [-0.05, 0) is 106 Å². The number of alkyl carbamates (subject to hydrolysis) is 2. The smallest absolute Gasteiger partial charge is 0.407 e. The van der Waals surface area contributed by atoms with Crippen molar-refractivity contribution >= 4 is 46.1 Å². The second-order valence-corrected chi connectivity index (χ2v) is 21.0. The predicted octanol–water partition coefficient (Wildman–Crippen LogP) is 7.45. The van der Waals surface area contributed by atoms with Gasteiger partial charge in [-0.2, -0.15) is 0 Å². The third kappa shape index (κ3) is 9.37. The molecule has 4 aromatic carbocycles. The number of methoxy groups -OCH3 is 2. The Hall–Kier alpha value is -6.86. The summed E-state index contributed by atoms with van der Waals surface area (Å²) in [5.74, 6) is -1.55. The number of carbonyl (C=O) groups excluding carboxylic acids is 4. The average molecular weight is 1010 g/mol. The van der Waals surface area contributed by atoms with Gasteiger partial charge in [0.2, 0.25) is 11.8 Å². The lowest BCUT2D eigenvalue weighted by atomic mass is 9.87. The van der Waals surface area contributed by atoms with E-state index in [2.05, 4.69) is 93.4 Å². The minimum absolute atomic E-state index is 0.202. The Morgan fingerprint density at radius 3 is 1.36 bits per heavy atom. The van der Waals surface area contributed by atoms with E-state index >= 15 is 0 Å². The van der Waals surface area contributed by atoms with Crippen molar-refractivity contribution < 1.29 is 47.6 Å². The van der Waals surface area contributed by atoms with Gasteiger partial charge >= 0.3 is 12.2 Å². The third-order valence-corrected chi connectivity index (χ3v) is 15.5. The SMILES string of the molecule is COC(=O)N[C@H](C(=O)N1CC2(C[C@H]1c1nc3cc(-c4cc5ccc4CCc4ccc(c(-c6ccc7[nH]c([C@@H]8CC9(CN8C(=O)[C@@H](NC(=O)OC)C(C)C)OCCO9)nc7c6)c4)CC5)ccc3[nH]1)OCCO2)C(C)C. The Morgan fingerprint density at radius 2 is 0.986 bits per heavy atom. The van der Waals surface area contributed by atoms with Gasteiger partial charge in [0.15, 0.2) is 11.6 Å². The summed E-state index contributed by atoms with van der Waals surface area (Å²) in [6.07, 6.45) is 2.74. The number of ether oxygens (including phenoxy) is 6. The van der Waals surface area contributed by atoms with E-state index in [1.165, 1.54) is 47.6 Å². The molecule has 4 saturated heterocycles. The maximum Gasteiger partial charge on any atom is 0.407 e. The summed E-state index contributed by atoms with van der Waals surface area (Å²) in [5, 5.41) is 5.47. The van der Waals surface area contributed by atoms with Gasteiger partial charge in [0.25, 0.3) is 0 Å². The molecule has 14 rings (SSSR count). The zero-order valence-electron chi connectivity index (χ0n) is 42.7. The van der Waals surface area contributed by atoms with Crippen molar-refractivity contribution in [3.8, 4) is 22.3 Å². The number of likely N-dealkylation sites (tertiary alicyclic amines) is 2. The number of rotatable bonds is 10. The fourth-order valence-corrected chi connectivity index (χ4v) is 11.6. The number of aromatic nitrogens is 4. The molecular formula is C56H64N8O10. The molecule has 4 fully saturated rings. The lowest BCUT2D eigenvalue weighted by Gasteiger charge is -2.30. The molecule has 4 bridgehead atoms. The van der Waals surface area contributed by atoms with E-state index in [0.717, 1.165) is 58.9 Å². The largest absolute Gasteiger partial charge is 0.453 e. The van der Waals surface area contributed by atoms with Gasteiger partial charge in [-0.3, -0.25) is 9.59 Å². The van der Waals surface area contributed by atoms with Crippen molar-refractivity contribution in [3.63, 3.8) is 0 Å². The van der Waals surface area contributed by atoms with E-state index in [0.29, 0.717) is 50.9 Å². The number of H-pyrrole nitrogens is 2. The van der Waals surface area contributed by atoms with E-state index in [-0.39, 0.29) is 36.7 Å². The maximum atomic E-state index is 14.3. The molecule has 0 saturated carbocycles. The first-order chi connectivity index (χ1) is 35.7. The number of nitrogens with one attached hydrogen (secondary N) is 4. The van der Waals surface area contributed by atoms with Crippen molar-refractivity contribution in [2.24, 2.45) is 11.8 Å². The Bertz CT molecular complexity index is 2930. The van der Waals surface area contributed by atoms with E-state index in [9.17, 15) is 19.2 Å². The minimum Gasteiger partial charge on any atom is -0.453 e. The molecule has 4 atom stereocenters. The molecule has 0 radical (unpaired) electrons. The first-order valence-electron chi connectivity index (χ1n) is 25.8. The van der Waals surface area contributed by atoms with Gasteiger partial charge in [-0.1, -0.05) is 76.2 Å². The van der Waals surface area contributed by atoms with E-state index in [4.69, 9.17) is 38.4 Å². The number of amides is 4. The molecule has 4 N–H and O–H groups in total. The molecule has 74 heavy (non-hydrogen) atoms. The summed E-state index contributed by atoms with van der Waals surface area (Å²) in [5.41, 5.74) is 12.6. The Labute approximate surface area is 429 Å². The maximum absolute atomic E-state index is 14.3. The Kier molecular flexibility index (Phi) is 13.2. The summed E-state index contributed by atoms with van der Waals surface area (Å²) in [7, 11) is 2.57. The number of carbonyl (C=O) groups is 4. The Morgan fingerprint density at radius 1 is 0.581 bits per heavy atom. The van der Waals surface area contributed by atoms with Gasteiger partial charge in [0, 0.05) is 12.8 Å². The van der Waals surface area contributed by atoms with Gasteiger partial charge in [0.1, 0.15) is 23.7 Å². The fraction of sp³-hybridized carbons (Fsp3) is 0.464. The van der Waals surface area contributed by atoms with Crippen LogP contribution in [0.2, 0.25) is 0 Å². The van der Waals surface area contributed by atoms with Crippen LogP contribution in [0.15, 0.2) is 72.8 Å². The van der Waals surface area contributed by atoms with Crippen LogP contribution < -0.4 is 10.6 Å².